The SMILES string of the molecule is BrC(c1ccc2[nH]c3ccccc3c2c1)C1CCCO1. The first-order valence-corrected chi connectivity index (χ1v) is 8.00. The number of nitrogens with one attached hydrogen (secondary N) is 1. The van der Waals surface area contributed by atoms with Gasteiger partial charge in [-0.25, -0.2) is 0 Å². The first kappa shape index (κ1) is 12.4. The van der Waals surface area contributed by atoms with Crippen LogP contribution in [-0.2, 0) is 4.74 Å². The Kier molecular flexibility index (Phi) is 3.04. The number of rotatable bonds is 2. The molecule has 1 aliphatic rings. The third-order valence-electron chi connectivity index (χ3n) is 4.14. The van der Waals surface area contributed by atoms with Gasteiger partial charge in [-0.3, -0.25) is 0 Å². The topological polar surface area (TPSA) is 25.0 Å². The van der Waals surface area contributed by atoms with E-state index in [0.717, 1.165) is 13.0 Å². The van der Waals surface area contributed by atoms with Gasteiger partial charge in [-0.05, 0) is 36.6 Å². The fourth-order valence-electron chi connectivity index (χ4n) is 3.09. The lowest BCUT2D eigenvalue weighted by molar-refractivity contribution is 0.110. The number of aromatic nitrogens is 1. The molecule has 2 atom stereocenters. The highest BCUT2D eigenvalue weighted by Crippen LogP contribution is 2.36. The Bertz CT molecular complexity index is 758. The molecular formula is C17H16BrNO. The molecule has 0 amide bonds. The predicted octanol–water partition coefficient (Wildman–Crippen LogP) is 4.94. The zero-order valence-corrected chi connectivity index (χ0v) is 12.7. The second-order valence-corrected chi connectivity index (χ2v) is 6.42. The minimum absolute atomic E-state index is 0.281. The number of halogens is 1. The van der Waals surface area contributed by atoms with Crippen LogP contribution in [0.25, 0.3) is 21.8 Å². The Morgan fingerprint density at radius 2 is 1.95 bits per heavy atom. The highest BCUT2D eigenvalue weighted by atomic mass is 79.9. The first-order valence-electron chi connectivity index (χ1n) is 7.09. The molecule has 0 spiro atoms. The van der Waals surface area contributed by atoms with Crippen LogP contribution in [0.5, 0.6) is 0 Å². The molecule has 102 valence electrons. The zero-order valence-electron chi connectivity index (χ0n) is 11.1. The lowest BCUT2D eigenvalue weighted by Gasteiger charge is -2.17. The van der Waals surface area contributed by atoms with Crippen molar-refractivity contribution in [2.24, 2.45) is 0 Å². The van der Waals surface area contributed by atoms with E-state index in [9.17, 15) is 0 Å². The fraction of sp³-hybridized carbons (Fsp3) is 0.294. The molecule has 4 rings (SSSR count). The van der Waals surface area contributed by atoms with Crippen molar-refractivity contribution in [3.63, 3.8) is 0 Å². The Morgan fingerprint density at radius 1 is 1.10 bits per heavy atom. The van der Waals surface area contributed by atoms with Gasteiger partial charge in [0, 0.05) is 28.4 Å². The van der Waals surface area contributed by atoms with Crippen LogP contribution in [0.2, 0.25) is 0 Å². The van der Waals surface area contributed by atoms with E-state index in [2.05, 4.69) is 63.4 Å². The number of hydrogen-bond donors (Lipinski definition) is 1. The van der Waals surface area contributed by atoms with E-state index in [1.165, 1.54) is 33.8 Å². The normalized spacial score (nSPS) is 20.8. The lowest BCUT2D eigenvalue weighted by atomic mass is 10.0. The van der Waals surface area contributed by atoms with E-state index in [1.807, 2.05) is 0 Å². The lowest BCUT2D eigenvalue weighted by Crippen LogP contribution is -2.12. The Hall–Kier alpha value is -1.32. The van der Waals surface area contributed by atoms with Crippen molar-refractivity contribution < 1.29 is 4.74 Å². The smallest absolute Gasteiger partial charge is 0.0741 e. The molecule has 1 aromatic heterocycles. The summed E-state index contributed by atoms with van der Waals surface area (Å²) in [5.41, 5.74) is 3.69. The average molecular weight is 330 g/mol. The molecule has 2 nitrogen and oxygen atoms in total. The van der Waals surface area contributed by atoms with Crippen molar-refractivity contribution in [3.05, 3.63) is 48.0 Å². The molecule has 2 heterocycles. The van der Waals surface area contributed by atoms with Gasteiger partial charge >= 0.3 is 0 Å². The summed E-state index contributed by atoms with van der Waals surface area (Å²) < 4.78 is 5.80. The maximum Gasteiger partial charge on any atom is 0.0741 e. The molecule has 3 heteroatoms. The van der Waals surface area contributed by atoms with Crippen LogP contribution in [0.3, 0.4) is 0 Å². The predicted molar refractivity (Wildman–Crippen MR) is 86.4 cm³/mol. The van der Waals surface area contributed by atoms with E-state index in [-0.39, 0.29) is 4.83 Å². The van der Waals surface area contributed by atoms with Crippen molar-refractivity contribution in [2.45, 2.75) is 23.8 Å². The maximum atomic E-state index is 5.80. The molecule has 1 fully saturated rings. The van der Waals surface area contributed by atoms with Gasteiger partial charge in [0.15, 0.2) is 0 Å². The number of aromatic amines is 1. The van der Waals surface area contributed by atoms with E-state index in [0.29, 0.717) is 6.10 Å². The summed E-state index contributed by atoms with van der Waals surface area (Å²) in [6.45, 7) is 0.891. The molecule has 1 saturated heterocycles. The van der Waals surface area contributed by atoms with E-state index < -0.39 is 0 Å². The number of benzene rings is 2. The third-order valence-corrected chi connectivity index (χ3v) is 5.26. The monoisotopic (exact) mass is 329 g/mol. The van der Waals surface area contributed by atoms with Crippen molar-refractivity contribution in [1.29, 1.82) is 0 Å². The minimum atomic E-state index is 0.281. The molecule has 0 radical (unpaired) electrons. The third kappa shape index (κ3) is 1.97. The molecular weight excluding hydrogens is 314 g/mol. The van der Waals surface area contributed by atoms with Crippen LogP contribution < -0.4 is 0 Å². The van der Waals surface area contributed by atoms with Gasteiger partial charge in [0.2, 0.25) is 0 Å². The summed E-state index contributed by atoms with van der Waals surface area (Å²) >= 11 is 3.82. The highest BCUT2D eigenvalue weighted by molar-refractivity contribution is 9.09. The number of fused-ring (bicyclic) bond motifs is 3. The molecule has 1 N–H and O–H groups in total. The van der Waals surface area contributed by atoms with Crippen LogP contribution in [-0.4, -0.2) is 17.7 Å². The molecule has 0 bridgehead atoms. The van der Waals surface area contributed by atoms with E-state index in [1.54, 1.807) is 0 Å². The number of para-hydroxylation sites is 1. The molecule has 2 aromatic carbocycles. The van der Waals surface area contributed by atoms with Gasteiger partial charge in [0.05, 0.1) is 10.9 Å². The van der Waals surface area contributed by atoms with Gasteiger partial charge < -0.3 is 9.72 Å². The van der Waals surface area contributed by atoms with Gasteiger partial charge in [-0.15, -0.1) is 0 Å². The van der Waals surface area contributed by atoms with Crippen LogP contribution in [0.1, 0.15) is 23.2 Å². The quantitative estimate of drug-likeness (QED) is 0.662. The van der Waals surface area contributed by atoms with E-state index >= 15 is 0 Å². The summed E-state index contributed by atoms with van der Waals surface area (Å²) in [5.74, 6) is 0. The number of ether oxygens (including phenoxy) is 1. The molecule has 20 heavy (non-hydrogen) atoms. The summed E-state index contributed by atoms with van der Waals surface area (Å²) in [5, 5.41) is 2.58. The van der Waals surface area contributed by atoms with Crippen molar-refractivity contribution in [3.8, 4) is 0 Å². The Morgan fingerprint density at radius 3 is 2.80 bits per heavy atom. The standard InChI is InChI=1S/C17H16BrNO/c18-17(16-6-3-9-20-16)11-7-8-15-13(10-11)12-4-1-2-5-14(12)19-15/h1-2,4-5,7-8,10,16-17,19H,3,6,9H2. The second-order valence-electron chi connectivity index (χ2n) is 5.43. The number of H-pyrrole nitrogens is 1. The van der Waals surface area contributed by atoms with Gasteiger partial charge in [0.1, 0.15) is 0 Å². The average Bonchev–Trinajstić information content (AvgIpc) is 3.13. The van der Waals surface area contributed by atoms with Crippen LogP contribution in [0, 0.1) is 0 Å². The summed E-state index contributed by atoms with van der Waals surface area (Å²) in [6.07, 6.45) is 2.61. The molecule has 0 aliphatic carbocycles. The molecule has 0 saturated carbocycles. The largest absolute Gasteiger partial charge is 0.377 e. The first-order chi connectivity index (χ1) is 9.83. The Labute approximate surface area is 126 Å². The molecule has 2 unspecified atom stereocenters. The maximum absolute atomic E-state index is 5.80. The van der Waals surface area contributed by atoms with Crippen molar-refractivity contribution in [2.75, 3.05) is 6.61 Å². The van der Waals surface area contributed by atoms with Gasteiger partial charge in [0.25, 0.3) is 0 Å². The molecule has 3 aromatic rings. The van der Waals surface area contributed by atoms with Crippen molar-refractivity contribution in [1.82, 2.24) is 4.98 Å². The highest BCUT2D eigenvalue weighted by Gasteiger charge is 2.25. The van der Waals surface area contributed by atoms with Crippen LogP contribution in [0.4, 0.5) is 0 Å². The minimum Gasteiger partial charge on any atom is -0.377 e. The van der Waals surface area contributed by atoms with Crippen molar-refractivity contribution >= 4 is 37.7 Å². The number of hydrogen-bond acceptors (Lipinski definition) is 1. The fourth-order valence-corrected chi connectivity index (χ4v) is 3.79. The van der Waals surface area contributed by atoms with Crippen LogP contribution in [0.15, 0.2) is 42.5 Å². The summed E-state index contributed by atoms with van der Waals surface area (Å²) in [4.78, 5) is 3.75. The Balaban J connectivity index is 1.82. The second kappa shape index (κ2) is 4.90. The molecule has 1 aliphatic heterocycles. The van der Waals surface area contributed by atoms with Gasteiger partial charge in [-0.1, -0.05) is 40.2 Å². The summed E-state index contributed by atoms with van der Waals surface area (Å²) in [6, 6.07) is 15.1. The van der Waals surface area contributed by atoms with E-state index in [4.69, 9.17) is 4.74 Å². The van der Waals surface area contributed by atoms with Crippen LogP contribution >= 0.6 is 15.9 Å². The summed E-state index contributed by atoms with van der Waals surface area (Å²) in [7, 11) is 0. The number of alkyl halides is 1. The zero-order chi connectivity index (χ0) is 13.5. The van der Waals surface area contributed by atoms with Gasteiger partial charge in [-0.2, -0.15) is 0 Å².